The van der Waals surface area contributed by atoms with Gasteiger partial charge < -0.3 is 10.1 Å². The molecular formula is C19H24N6O4S. The molecule has 10 nitrogen and oxygen atoms in total. The number of aromatic nitrogens is 3. The first kappa shape index (κ1) is 20.8. The monoisotopic (exact) mass is 432 g/mol. The molecule has 2 saturated heterocycles. The summed E-state index contributed by atoms with van der Waals surface area (Å²) in [4.78, 5) is 25.9. The summed E-state index contributed by atoms with van der Waals surface area (Å²) in [6.45, 7) is 5.46. The molecule has 30 heavy (non-hydrogen) atoms. The lowest BCUT2D eigenvalue weighted by molar-refractivity contribution is -0.384. The highest BCUT2D eigenvalue weighted by Gasteiger charge is 2.41. The SMILES string of the molecule is Cc1c(C(=O)NCC2(N3CCOCC3)CCSC2)nnn1-c1cccc([N+](=O)[O-])c1. The number of carbonyl (C=O) groups is 1. The number of hydrogen-bond donors (Lipinski definition) is 1. The number of nitro benzene ring substituents is 1. The molecule has 1 aromatic carbocycles. The van der Waals surface area contributed by atoms with Crippen LogP contribution in [0, 0.1) is 17.0 Å². The van der Waals surface area contributed by atoms with Gasteiger partial charge in [-0.1, -0.05) is 11.3 Å². The average molecular weight is 433 g/mol. The van der Waals surface area contributed by atoms with Gasteiger partial charge in [0, 0.05) is 43.1 Å². The Morgan fingerprint density at radius 2 is 2.20 bits per heavy atom. The first-order valence-electron chi connectivity index (χ1n) is 9.86. The molecule has 1 unspecified atom stereocenters. The number of hydrogen-bond acceptors (Lipinski definition) is 8. The molecule has 0 bridgehead atoms. The van der Waals surface area contributed by atoms with Crippen molar-refractivity contribution < 1.29 is 14.5 Å². The van der Waals surface area contributed by atoms with Crippen molar-refractivity contribution in [3.05, 3.63) is 45.8 Å². The number of thioether (sulfide) groups is 1. The summed E-state index contributed by atoms with van der Waals surface area (Å²) < 4.78 is 6.93. The normalized spacial score (nSPS) is 22.2. The van der Waals surface area contributed by atoms with E-state index in [0.29, 0.717) is 17.9 Å². The van der Waals surface area contributed by atoms with Crippen molar-refractivity contribution in [3.8, 4) is 5.69 Å². The molecule has 2 aliphatic rings. The van der Waals surface area contributed by atoms with E-state index >= 15 is 0 Å². The molecule has 1 aromatic heterocycles. The molecule has 0 radical (unpaired) electrons. The Balaban J connectivity index is 1.49. The van der Waals surface area contributed by atoms with E-state index in [1.165, 1.54) is 16.8 Å². The first-order chi connectivity index (χ1) is 14.5. The van der Waals surface area contributed by atoms with Gasteiger partial charge in [0.25, 0.3) is 11.6 Å². The van der Waals surface area contributed by atoms with Crippen molar-refractivity contribution in [1.82, 2.24) is 25.2 Å². The summed E-state index contributed by atoms with van der Waals surface area (Å²) in [5.41, 5.74) is 1.15. The predicted molar refractivity (Wildman–Crippen MR) is 112 cm³/mol. The van der Waals surface area contributed by atoms with E-state index in [9.17, 15) is 14.9 Å². The van der Waals surface area contributed by atoms with Crippen LogP contribution in [0.1, 0.15) is 22.6 Å². The van der Waals surface area contributed by atoms with Crippen LogP contribution >= 0.6 is 11.8 Å². The summed E-state index contributed by atoms with van der Waals surface area (Å²) in [5.74, 6) is 1.77. The van der Waals surface area contributed by atoms with E-state index in [1.54, 1.807) is 19.1 Å². The highest BCUT2D eigenvalue weighted by atomic mass is 32.2. The molecule has 2 aromatic rings. The van der Waals surface area contributed by atoms with Gasteiger partial charge >= 0.3 is 0 Å². The zero-order valence-corrected chi connectivity index (χ0v) is 17.6. The maximum atomic E-state index is 12.9. The summed E-state index contributed by atoms with van der Waals surface area (Å²) in [7, 11) is 0. The molecule has 0 aliphatic carbocycles. The van der Waals surface area contributed by atoms with Crippen LogP contribution in [-0.2, 0) is 4.74 Å². The third kappa shape index (κ3) is 4.05. The van der Waals surface area contributed by atoms with Crippen molar-refractivity contribution in [3.63, 3.8) is 0 Å². The van der Waals surface area contributed by atoms with Crippen LogP contribution in [0.25, 0.3) is 5.69 Å². The van der Waals surface area contributed by atoms with E-state index in [0.717, 1.165) is 44.2 Å². The van der Waals surface area contributed by atoms with Crippen LogP contribution in [0.4, 0.5) is 5.69 Å². The van der Waals surface area contributed by atoms with Gasteiger partial charge in [-0.05, 0) is 25.2 Å². The minimum absolute atomic E-state index is 0.0420. The third-order valence-corrected chi connectivity index (χ3v) is 6.97. The Hall–Kier alpha value is -2.50. The van der Waals surface area contributed by atoms with Crippen molar-refractivity contribution in [2.75, 3.05) is 44.4 Å². The molecule has 2 fully saturated rings. The number of carbonyl (C=O) groups excluding carboxylic acids is 1. The van der Waals surface area contributed by atoms with Crippen LogP contribution < -0.4 is 5.32 Å². The molecule has 2 aliphatic heterocycles. The van der Waals surface area contributed by atoms with E-state index < -0.39 is 4.92 Å². The maximum Gasteiger partial charge on any atom is 0.273 e. The Bertz CT molecular complexity index is 937. The van der Waals surface area contributed by atoms with Crippen LogP contribution in [0.3, 0.4) is 0 Å². The van der Waals surface area contributed by atoms with Gasteiger partial charge in [-0.15, -0.1) is 5.10 Å². The molecular weight excluding hydrogens is 408 g/mol. The molecule has 160 valence electrons. The van der Waals surface area contributed by atoms with Gasteiger partial charge in [-0.3, -0.25) is 19.8 Å². The van der Waals surface area contributed by atoms with Gasteiger partial charge in [0.15, 0.2) is 5.69 Å². The zero-order chi connectivity index (χ0) is 21.1. The number of non-ortho nitro benzene ring substituents is 1. The first-order valence-corrected chi connectivity index (χ1v) is 11.0. The molecule has 4 rings (SSSR count). The molecule has 1 amide bonds. The quantitative estimate of drug-likeness (QED) is 0.538. The lowest BCUT2D eigenvalue weighted by Gasteiger charge is -2.43. The van der Waals surface area contributed by atoms with Crippen LogP contribution in [0.2, 0.25) is 0 Å². The molecule has 3 heterocycles. The van der Waals surface area contributed by atoms with Gasteiger partial charge in [-0.25, -0.2) is 4.68 Å². The Kier molecular flexibility index (Phi) is 6.02. The number of amides is 1. The number of morpholine rings is 1. The molecule has 11 heteroatoms. The third-order valence-electron chi connectivity index (χ3n) is 5.74. The highest BCUT2D eigenvalue weighted by Crippen LogP contribution is 2.33. The lowest BCUT2D eigenvalue weighted by atomic mass is 9.95. The van der Waals surface area contributed by atoms with Crippen LogP contribution in [0.15, 0.2) is 24.3 Å². The van der Waals surface area contributed by atoms with E-state index in [2.05, 4.69) is 20.5 Å². The van der Waals surface area contributed by atoms with Gasteiger partial charge in [0.05, 0.1) is 29.5 Å². The second kappa shape index (κ2) is 8.70. The number of rotatable bonds is 6. The minimum atomic E-state index is -0.464. The minimum Gasteiger partial charge on any atom is -0.379 e. The lowest BCUT2D eigenvalue weighted by Crippen LogP contribution is -2.59. The Labute approximate surface area is 178 Å². The van der Waals surface area contributed by atoms with Crippen molar-refractivity contribution in [2.45, 2.75) is 18.9 Å². The fraction of sp³-hybridized carbons (Fsp3) is 0.526. The molecule has 0 spiro atoms. The highest BCUT2D eigenvalue weighted by molar-refractivity contribution is 7.99. The van der Waals surface area contributed by atoms with Crippen molar-refractivity contribution >= 4 is 23.4 Å². The van der Waals surface area contributed by atoms with Crippen LogP contribution in [-0.4, -0.2) is 80.6 Å². The van der Waals surface area contributed by atoms with E-state index in [1.807, 2.05) is 11.8 Å². The Morgan fingerprint density at radius 1 is 1.40 bits per heavy atom. The standard InChI is InChI=1S/C19H24N6O4S/c1-14-17(21-22-24(14)15-3-2-4-16(11-15)25(27)28)18(26)20-12-19(5-10-30-13-19)23-6-8-29-9-7-23/h2-4,11H,5-10,12-13H2,1H3,(H,20,26). The average Bonchev–Trinajstić information content (AvgIpc) is 3.40. The maximum absolute atomic E-state index is 12.9. The zero-order valence-electron chi connectivity index (χ0n) is 16.7. The summed E-state index contributed by atoms with van der Waals surface area (Å²) in [5, 5.41) is 22.2. The fourth-order valence-corrected chi connectivity index (χ4v) is 5.46. The molecule has 1 atom stereocenters. The summed E-state index contributed by atoms with van der Waals surface area (Å²) in [6.07, 6.45) is 1.03. The van der Waals surface area contributed by atoms with Crippen molar-refractivity contribution in [1.29, 1.82) is 0 Å². The van der Waals surface area contributed by atoms with Crippen LogP contribution in [0.5, 0.6) is 0 Å². The molecule has 0 saturated carbocycles. The second-order valence-electron chi connectivity index (χ2n) is 7.52. The molecule has 1 N–H and O–H groups in total. The number of nitrogens with zero attached hydrogens (tertiary/aromatic N) is 5. The second-order valence-corrected chi connectivity index (χ2v) is 8.63. The largest absolute Gasteiger partial charge is 0.379 e. The topological polar surface area (TPSA) is 115 Å². The summed E-state index contributed by atoms with van der Waals surface area (Å²) in [6, 6.07) is 6.10. The summed E-state index contributed by atoms with van der Waals surface area (Å²) >= 11 is 1.91. The number of nitrogens with one attached hydrogen (secondary N) is 1. The van der Waals surface area contributed by atoms with E-state index in [-0.39, 0.29) is 22.8 Å². The van der Waals surface area contributed by atoms with Gasteiger partial charge in [-0.2, -0.15) is 11.8 Å². The van der Waals surface area contributed by atoms with Gasteiger partial charge in [0.1, 0.15) is 0 Å². The number of benzene rings is 1. The predicted octanol–water partition coefficient (Wildman–Crippen LogP) is 1.42. The van der Waals surface area contributed by atoms with E-state index in [4.69, 9.17) is 4.74 Å². The number of nitro groups is 1. The Morgan fingerprint density at radius 3 is 2.90 bits per heavy atom. The van der Waals surface area contributed by atoms with Crippen molar-refractivity contribution in [2.24, 2.45) is 0 Å². The van der Waals surface area contributed by atoms with Gasteiger partial charge in [0.2, 0.25) is 0 Å². The number of ether oxygens (including phenoxy) is 1. The fourth-order valence-electron chi connectivity index (χ4n) is 3.99. The smallest absolute Gasteiger partial charge is 0.273 e.